The lowest BCUT2D eigenvalue weighted by Gasteiger charge is -2.17. The lowest BCUT2D eigenvalue weighted by Crippen LogP contribution is -1.99. The Morgan fingerprint density at radius 1 is 1.37 bits per heavy atom. The average Bonchev–Trinajstić information content (AvgIpc) is 2.82. The molecule has 0 aliphatic carbocycles. The number of benzene rings is 1. The minimum Gasteiger partial charge on any atom is -0.496 e. The number of aryl methyl sites for hydroxylation is 1. The molecule has 0 aliphatic heterocycles. The number of hydrogen-bond acceptors (Lipinski definition) is 4. The third-order valence-electron chi connectivity index (χ3n) is 3.25. The van der Waals surface area contributed by atoms with Crippen LogP contribution in [-0.2, 0) is 6.42 Å². The quantitative estimate of drug-likeness (QED) is 0.912. The van der Waals surface area contributed by atoms with Crippen molar-refractivity contribution in [2.24, 2.45) is 0 Å². The van der Waals surface area contributed by atoms with Gasteiger partial charge in [0, 0.05) is 6.07 Å². The van der Waals surface area contributed by atoms with Crippen molar-refractivity contribution in [3.05, 3.63) is 29.3 Å². The zero-order valence-corrected chi connectivity index (χ0v) is 11.9. The topological polar surface area (TPSA) is 61.3 Å². The maximum Gasteiger partial charge on any atom is 0.173 e. The Labute approximate surface area is 113 Å². The molecule has 0 atom stereocenters. The SMILES string of the molecule is CCc1ccc(C(C)C)c(-c2cc(N)no2)c1OC. The summed E-state index contributed by atoms with van der Waals surface area (Å²) in [5.41, 5.74) is 8.94. The molecule has 2 aromatic rings. The summed E-state index contributed by atoms with van der Waals surface area (Å²) in [5, 5.41) is 3.77. The first-order chi connectivity index (χ1) is 9.08. The van der Waals surface area contributed by atoms with Gasteiger partial charge < -0.3 is 15.0 Å². The number of nitrogens with two attached hydrogens (primary N) is 1. The van der Waals surface area contributed by atoms with E-state index in [1.807, 2.05) is 0 Å². The summed E-state index contributed by atoms with van der Waals surface area (Å²) < 4.78 is 10.9. The molecule has 102 valence electrons. The van der Waals surface area contributed by atoms with Crippen molar-refractivity contribution in [2.75, 3.05) is 12.8 Å². The first-order valence-electron chi connectivity index (χ1n) is 6.50. The molecule has 4 nitrogen and oxygen atoms in total. The van der Waals surface area contributed by atoms with Crippen LogP contribution in [0.2, 0.25) is 0 Å². The van der Waals surface area contributed by atoms with Crippen molar-refractivity contribution in [1.29, 1.82) is 0 Å². The third kappa shape index (κ3) is 2.43. The Balaban J connectivity index is 2.72. The molecule has 0 spiro atoms. The predicted molar refractivity (Wildman–Crippen MR) is 76.4 cm³/mol. The molecule has 0 saturated heterocycles. The summed E-state index contributed by atoms with van der Waals surface area (Å²) in [6, 6.07) is 5.97. The maximum atomic E-state index is 5.66. The smallest absolute Gasteiger partial charge is 0.173 e. The Bertz CT molecular complexity index is 574. The van der Waals surface area contributed by atoms with Gasteiger partial charge >= 0.3 is 0 Å². The van der Waals surface area contributed by atoms with E-state index in [0.717, 1.165) is 23.3 Å². The number of hydrogen-bond donors (Lipinski definition) is 1. The van der Waals surface area contributed by atoms with Crippen LogP contribution in [0.15, 0.2) is 22.7 Å². The molecule has 19 heavy (non-hydrogen) atoms. The molecule has 0 unspecified atom stereocenters. The van der Waals surface area contributed by atoms with Crippen LogP contribution >= 0.6 is 0 Å². The van der Waals surface area contributed by atoms with E-state index < -0.39 is 0 Å². The minimum absolute atomic E-state index is 0.362. The van der Waals surface area contributed by atoms with E-state index in [9.17, 15) is 0 Å². The van der Waals surface area contributed by atoms with Gasteiger partial charge in [0.25, 0.3) is 0 Å². The van der Waals surface area contributed by atoms with E-state index in [1.54, 1.807) is 13.2 Å². The molecule has 1 aromatic carbocycles. The van der Waals surface area contributed by atoms with Crippen LogP contribution in [0.5, 0.6) is 5.75 Å². The first-order valence-corrected chi connectivity index (χ1v) is 6.50. The maximum absolute atomic E-state index is 5.66. The van der Waals surface area contributed by atoms with Crippen LogP contribution in [0.4, 0.5) is 5.82 Å². The summed E-state index contributed by atoms with van der Waals surface area (Å²) in [4.78, 5) is 0. The summed E-state index contributed by atoms with van der Waals surface area (Å²) in [6.45, 7) is 6.39. The number of nitrogens with zero attached hydrogens (tertiary/aromatic N) is 1. The molecule has 0 aliphatic rings. The second-order valence-electron chi connectivity index (χ2n) is 4.85. The number of anilines is 1. The van der Waals surface area contributed by atoms with Gasteiger partial charge in [-0.2, -0.15) is 0 Å². The lowest BCUT2D eigenvalue weighted by molar-refractivity contribution is 0.402. The van der Waals surface area contributed by atoms with Gasteiger partial charge in [0.05, 0.1) is 12.7 Å². The highest BCUT2D eigenvalue weighted by Gasteiger charge is 2.20. The van der Waals surface area contributed by atoms with Gasteiger partial charge in [-0.15, -0.1) is 0 Å². The summed E-state index contributed by atoms with van der Waals surface area (Å²) in [7, 11) is 1.68. The average molecular weight is 260 g/mol. The van der Waals surface area contributed by atoms with Crippen molar-refractivity contribution >= 4 is 5.82 Å². The Morgan fingerprint density at radius 2 is 2.11 bits per heavy atom. The molecular weight excluding hydrogens is 240 g/mol. The highest BCUT2D eigenvalue weighted by atomic mass is 16.5. The van der Waals surface area contributed by atoms with Crippen LogP contribution in [0.25, 0.3) is 11.3 Å². The van der Waals surface area contributed by atoms with Gasteiger partial charge in [-0.05, 0) is 23.5 Å². The van der Waals surface area contributed by atoms with Gasteiger partial charge in [0.2, 0.25) is 0 Å². The summed E-state index contributed by atoms with van der Waals surface area (Å²) >= 11 is 0. The van der Waals surface area contributed by atoms with Crippen LogP contribution in [0.1, 0.15) is 37.8 Å². The van der Waals surface area contributed by atoms with Crippen molar-refractivity contribution < 1.29 is 9.26 Å². The molecular formula is C15H20N2O2. The van der Waals surface area contributed by atoms with E-state index in [-0.39, 0.29) is 0 Å². The van der Waals surface area contributed by atoms with Crippen molar-refractivity contribution in [3.63, 3.8) is 0 Å². The zero-order chi connectivity index (χ0) is 14.0. The summed E-state index contributed by atoms with van der Waals surface area (Å²) in [5.74, 6) is 2.26. The van der Waals surface area contributed by atoms with Gasteiger partial charge in [0.15, 0.2) is 11.6 Å². The normalized spacial score (nSPS) is 11.0. The Morgan fingerprint density at radius 3 is 2.58 bits per heavy atom. The largest absolute Gasteiger partial charge is 0.496 e. The molecule has 1 aromatic heterocycles. The van der Waals surface area contributed by atoms with Crippen LogP contribution in [0, 0.1) is 0 Å². The number of nitrogen functional groups attached to an aromatic ring is 1. The molecule has 0 radical (unpaired) electrons. The van der Waals surface area contributed by atoms with E-state index in [1.165, 1.54) is 5.56 Å². The third-order valence-corrected chi connectivity index (χ3v) is 3.25. The first kappa shape index (κ1) is 13.5. The van der Waals surface area contributed by atoms with E-state index in [0.29, 0.717) is 17.5 Å². The Kier molecular flexibility index (Phi) is 3.79. The van der Waals surface area contributed by atoms with Gasteiger partial charge in [-0.1, -0.05) is 38.1 Å². The molecule has 0 saturated carbocycles. The number of aromatic nitrogens is 1. The fourth-order valence-electron chi connectivity index (χ4n) is 2.29. The van der Waals surface area contributed by atoms with E-state index in [4.69, 9.17) is 15.0 Å². The lowest BCUT2D eigenvalue weighted by atomic mass is 9.92. The highest BCUT2D eigenvalue weighted by Crippen LogP contribution is 2.40. The zero-order valence-electron chi connectivity index (χ0n) is 11.9. The molecule has 0 bridgehead atoms. The predicted octanol–water partition coefficient (Wildman–Crippen LogP) is 3.62. The molecule has 2 N–H and O–H groups in total. The van der Waals surface area contributed by atoms with Gasteiger partial charge in [-0.3, -0.25) is 0 Å². The Hall–Kier alpha value is -1.97. The number of rotatable bonds is 4. The highest BCUT2D eigenvalue weighted by molar-refractivity contribution is 5.74. The molecule has 2 rings (SSSR count). The van der Waals surface area contributed by atoms with Crippen molar-refractivity contribution in [1.82, 2.24) is 5.16 Å². The molecule has 4 heteroatoms. The van der Waals surface area contributed by atoms with Gasteiger partial charge in [-0.25, -0.2) is 0 Å². The van der Waals surface area contributed by atoms with Crippen LogP contribution in [-0.4, -0.2) is 12.3 Å². The van der Waals surface area contributed by atoms with Gasteiger partial charge in [0.1, 0.15) is 5.75 Å². The second kappa shape index (κ2) is 5.34. The van der Waals surface area contributed by atoms with E-state index in [2.05, 4.69) is 38.1 Å². The second-order valence-corrected chi connectivity index (χ2v) is 4.85. The van der Waals surface area contributed by atoms with Crippen molar-refractivity contribution in [2.45, 2.75) is 33.1 Å². The fourth-order valence-corrected chi connectivity index (χ4v) is 2.29. The fraction of sp³-hybridized carbons (Fsp3) is 0.400. The van der Waals surface area contributed by atoms with Crippen LogP contribution in [0.3, 0.4) is 0 Å². The standard InChI is InChI=1S/C15H20N2O2/c1-5-10-6-7-11(9(2)3)14(15(10)18-4)12-8-13(16)17-19-12/h6-9H,5H2,1-4H3,(H2,16,17). The summed E-state index contributed by atoms with van der Waals surface area (Å²) in [6.07, 6.45) is 0.901. The monoisotopic (exact) mass is 260 g/mol. The van der Waals surface area contributed by atoms with E-state index >= 15 is 0 Å². The molecule has 1 heterocycles. The minimum atomic E-state index is 0.362. The number of methoxy groups -OCH3 is 1. The number of ether oxygens (including phenoxy) is 1. The van der Waals surface area contributed by atoms with Crippen molar-refractivity contribution in [3.8, 4) is 17.1 Å². The molecule has 0 amide bonds. The molecule has 0 fully saturated rings. The van der Waals surface area contributed by atoms with Crippen LogP contribution < -0.4 is 10.5 Å².